The van der Waals surface area contributed by atoms with Gasteiger partial charge in [0.25, 0.3) is 0 Å². The van der Waals surface area contributed by atoms with Gasteiger partial charge >= 0.3 is 0 Å². The highest BCUT2D eigenvalue weighted by Crippen LogP contribution is 2.41. The summed E-state index contributed by atoms with van der Waals surface area (Å²) in [4.78, 5) is 3.76. The van der Waals surface area contributed by atoms with E-state index in [-0.39, 0.29) is 33.9 Å². The standard InChI is InChI=1S/C18H21Cl2FN4O3/c1-9(22)11-8-10(2-3-12(11)23)28-16-14(19)17(21)25-18(15(16)20)24-5-4-13-26-6-7-27-13/h2-3,8-9,13H,4-7,22-23H2,1H3,(H,24,25). The maximum Gasteiger partial charge on any atom is 0.237 e. The largest absolute Gasteiger partial charge is 0.454 e. The van der Waals surface area contributed by atoms with E-state index in [0.29, 0.717) is 43.2 Å². The third-order valence-corrected chi connectivity index (χ3v) is 4.81. The van der Waals surface area contributed by atoms with Gasteiger partial charge in [-0.3, -0.25) is 0 Å². The molecule has 1 fully saturated rings. The Bertz CT molecular complexity index is 848. The first kappa shape index (κ1) is 20.9. The molecule has 0 aliphatic carbocycles. The van der Waals surface area contributed by atoms with Crippen LogP contribution in [0.15, 0.2) is 18.2 Å². The number of aromatic nitrogens is 1. The van der Waals surface area contributed by atoms with Gasteiger partial charge in [0, 0.05) is 24.7 Å². The van der Waals surface area contributed by atoms with Crippen molar-refractivity contribution in [2.75, 3.05) is 30.8 Å². The first-order valence-corrected chi connectivity index (χ1v) is 9.46. The van der Waals surface area contributed by atoms with E-state index in [4.69, 9.17) is 48.9 Å². The summed E-state index contributed by atoms with van der Waals surface area (Å²) in [5, 5.41) is 2.68. The molecule has 0 radical (unpaired) electrons. The Balaban J connectivity index is 1.80. The van der Waals surface area contributed by atoms with E-state index >= 15 is 0 Å². The summed E-state index contributed by atoms with van der Waals surface area (Å²) in [6.45, 7) is 3.32. The van der Waals surface area contributed by atoms with Crippen LogP contribution in [0.2, 0.25) is 10.0 Å². The third kappa shape index (κ3) is 4.76. The molecular formula is C18H21Cl2FN4O3. The zero-order valence-electron chi connectivity index (χ0n) is 15.2. The van der Waals surface area contributed by atoms with Crippen molar-refractivity contribution in [3.63, 3.8) is 0 Å². The minimum Gasteiger partial charge on any atom is -0.454 e. The molecule has 0 bridgehead atoms. The topological polar surface area (TPSA) is 105 Å². The SMILES string of the molecule is CC(N)c1cc(Oc2c(Cl)c(F)nc(NCCC3OCCO3)c2Cl)ccc1N. The van der Waals surface area contributed by atoms with Crippen LogP contribution in [0.25, 0.3) is 0 Å². The van der Waals surface area contributed by atoms with E-state index in [0.717, 1.165) is 0 Å². The zero-order valence-corrected chi connectivity index (χ0v) is 16.7. The molecule has 7 nitrogen and oxygen atoms in total. The fourth-order valence-electron chi connectivity index (χ4n) is 2.71. The summed E-state index contributed by atoms with van der Waals surface area (Å²) in [5.74, 6) is -0.471. The van der Waals surface area contributed by atoms with E-state index in [1.165, 1.54) is 0 Å². The van der Waals surface area contributed by atoms with Gasteiger partial charge in [0.1, 0.15) is 15.8 Å². The molecule has 28 heavy (non-hydrogen) atoms. The maximum atomic E-state index is 14.2. The van der Waals surface area contributed by atoms with Crippen LogP contribution >= 0.6 is 23.2 Å². The molecule has 0 saturated carbocycles. The number of rotatable bonds is 7. The Morgan fingerprint density at radius 3 is 2.71 bits per heavy atom. The summed E-state index contributed by atoms with van der Waals surface area (Å²) in [6.07, 6.45) is 0.249. The van der Waals surface area contributed by atoms with Gasteiger partial charge in [-0.05, 0) is 30.7 Å². The van der Waals surface area contributed by atoms with Gasteiger partial charge in [-0.1, -0.05) is 23.2 Å². The Morgan fingerprint density at radius 1 is 1.32 bits per heavy atom. The van der Waals surface area contributed by atoms with Crippen molar-refractivity contribution in [2.24, 2.45) is 5.73 Å². The molecule has 5 N–H and O–H groups in total. The number of nitrogens with zero attached hydrogens (tertiary/aromatic N) is 1. The lowest BCUT2D eigenvalue weighted by Gasteiger charge is -2.16. The van der Waals surface area contributed by atoms with Gasteiger partial charge in [0.05, 0.1) is 13.2 Å². The van der Waals surface area contributed by atoms with E-state index < -0.39 is 5.95 Å². The summed E-state index contributed by atoms with van der Waals surface area (Å²) >= 11 is 12.4. The fourth-order valence-corrected chi connectivity index (χ4v) is 3.18. The average Bonchev–Trinajstić information content (AvgIpc) is 3.17. The summed E-state index contributed by atoms with van der Waals surface area (Å²) < 4.78 is 30.7. The predicted molar refractivity (Wildman–Crippen MR) is 107 cm³/mol. The highest BCUT2D eigenvalue weighted by atomic mass is 35.5. The van der Waals surface area contributed by atoms with Gasteiger partial charge in [-0.2, -0.15) is 9.37 Å². The van der Waals surface area contributed by atoms with Crippen LogP contribution in [0.4, 0.5) is 15.9 Å². The second-order valence-electron chi connectivity index (χ2n) is 6.28. The Hall–Kier alpha value is -1.84. The van der Waals surface area contributed by atoms with Gasteiger partial charge in [-0.15, -0.1) is 0 Å². The number of benzene rings is 1. The fraction of sp³-hybridized carbons (Fsp3) is 0.389. The normalized spacial score (nSPS) is 15.6. The van der Waals surface area contributed by atoms with Crippen molar-refractivity contribution in [3.05, 3.63) is 39.8 Å². The molecule has 1 saturated heterocycles. The van der Waals surface area contributed by atoms with E-state index in [9.17, 15) is 4.39 Å². The van der Waals surface area contributed by atoms with Crippen molar-refractivity contribution in [1.82, 2.24) is 4.98 Å². The van der Waals surface area contributed by atoms with Crippen LogP contribution in [0.3, 0.4) is 0 Å². The lowest BCUT2D eigenvalue weighted by atomic mass is 10.1. The van der Waals surface area contributed by atoms with E-state index in [1.54, 1.807) is 25.1 Å². The van der Waals surface area contributed by atoms with Crippen molar-refractivity contribution < 1.29 is 18.6 Å². The number of hydrogen-bond donors (Lipinski definition) is 3. The number of hydrogen-bond acceptors (Lipinski definition) is 7. The molecule has 1 aliphatic rings. The second kappa shape index (κ2) is 9.11. The highest BCUT2D eigenvalue weighted by Gasteiger charge is 2.21. The molecule has 1 atom stereocenters. The summed E-state index contributed by atoms with van der Waals surface area (Å²) in [5.41, 5.74) is 13.0. The number of nitrogens with two attached hydrogens (primary N) is 2. The van der Waals surface area contributed by atoms with Crippen LogP contribution in [0.1, 0.15) is 24.9 Å². The molecule has 2 aromatic rings. The predicted octanol–water partition coefficient (Wildman–Crippen LogP) is 4.10. The average molecular weight is 431 g/mol. The first-order chi connectivity index (χ1) is 13.4. The van der Waals surface area contributed by atoms with Crippen LogP contribution in [0, 0.1) is 5.95 Å². The second-order valence-corrected chi connectivity index (χ2v) is 7.03. The smallest absolute Gasteiger partial charge is 0.237 e. The Morgan fingerprint density at radius 2 is 2.04 bits per heavy atom. The van der Waals surface area contributed by atoms with Gasteiger partial charge in [0.2, 0.25) is 5.95 Å². The maximum absolute atomic E-state index is 14.2. The molecule has 0 amide bonds. The highest BCUT2D eigenvalue weighted by molar-refractivity contribution is 6.38. The van der Waals surface area contributed by atoms with Crippen LogP contribution < -0.4 is 21.5 Å². The molecular weight excluding hydrogens is 410 g/mol. The van der Waals surface area contributed by atoms with Crippen LogP contribution in [-0.4, -0.2) is 31.0 Å². The quantitative estimate of drug-likeness (QED) is 0.448. The minimum absolute atomic E-state index is 0.0490. The molecule has 2 heterocycles. The minimum atomic E-state index is -0.903. The molecule has 1 unspecified atom stereocenters. The first-order valence-electron chi connectivity index (χ1n) is 8.71. The third-order valence-electron chi connectivity index (χ3n) is 4.13. The molecule has 10 heteroatoms. The molecule has 152 valence electrons. The van der Waals surface area contributed by atoms with Crippen LogP contribution in [0.5, 0.6) is 11.5 Å². The monoisotopic (exact) mass is 430 g/mol. The number of nitrogen functional groups attached to an aromatic ring is 1. The van der Waals surface area contributed by atoms with Gasteiger partial charge in [0.15, 0.2) is 17.9 Å². The van der Waals surface area contributed by atoms with Crippen molar-refractivity contribution in [1.29, 1.82) is 0 Å². The van der Waals surface area contributed by atoms with Crippen molar-refractivity contribution in [2.45, 2.75) is 25.7 Å². The van der Waals surface area contributed by atoms with E-state index in [1.807, 2.05) is 0 Å². The van der Waals surface area contributed by atoms with Gasteiger partial charge < -0.3 is 31.0 Å². The van der Waals surface area contributed by atoms with Crippen molar-refractivity contribution in [3.8, 4) is 11.5 Å². The molecule has 0 spiro atoms. The molecule has 1 aromatic carbocycles. The lowest BCUT2D eigenvalue weighted by molar-refractivity contribution is -0.0439. The number of halogens is 3. The Labute approximate surface area is 172 Å². The van der Waals surface area contributed by atoms with Crippen molar-refractivity contribution >= 4 is 34.7 Å². The molecule has 1 aliphatic heterocycles. The van der Waals surface area contributed by atoms with E-state index in [2.05, 4.69) is 10.3 Å². The lowest BCUT2D eigenvalue weighted by Crippen LogP contribution is -2.15. The zero-order chi connectivity index (χ0) is 20.3. The number of ether oxygens (including phenoxy) is 3. The number of pyridine rings is 1. The number of anilines is 2. The molecule has 3 rings (SSSR count). The summed E-state index contributed by atoms with van der Waals surface area (Å²) in [7, 11) is 0. The summed E-state index contributed by atoms with van der Waals surface area (Å²) in [6, 6.07) is 4.62. The Kier molecular flexibility index (Phi) is 6.79. The van der Waals surface area contributed by atoms with Gasteiger partial charge in [-0.25, -0.2) is 0 Å². The molecule has 1 aromatic heterocycles. The number of nitrogens with one attached hydrogen (secondary N) is 1. The van der Waals surface area contributed by atoms with Crippen LogP contribution in [-0.2, 0) is 9.47 Å².